The predicted molar refractivity (Wildman–Crippen MR) is 353 cm³/mol. The van der Waals surface area contributed by atoms with Gasteiger partial charge in [0.1, 0.15) is 88.2 Å². The Hall–Kier alpha value is -7.73. The molecule has 4 amide bonds. The molecule has 3 fully saturated rings. The van der Waals surface area contributed by atoms with E-state index in [1.165, 1.54) is 34.3 Å². The Morgan fingerprint density at radius 2 is 1.10 bits per heavy atom. The summed E-state index contributed by atoms with van der Waals surface area (Å²) in [4.78, 5) is 73.4. The molecule has 0 unspecified atom stereocenters. The molecule has 6 N–H and O–H groups in total. The number of fused-ring (bicyclic) bond motifs is 2. The topological polar surface area (TPSA) is 336 Å². The van der Waals surface area contributed by atoms with Gasteiger partial charge in [-0.2, -0.15) is 0 Å². The molecule has 5 aliphatic rings. The van der Waals surface area contributed by atoms with Crippen LogP contribution in [0.1, 0.15) is 65.1 Å². The van der Waals surface area contributed by atoms with Crippen molar-refractivity contribution >= 4 is 110 Å². The van der Waals surface area contributed by atoms with E-state index in [1.54, 1.807) is 68.7 Å². The van der Waals surface area contributed by atoms with Gasteiger partial charge in [0.25, 0.3) is 23.6 Å². The third-order valence-corrected chi connectivity index (χ3v) is 19.5. The Labute approximate surface area is 583 Å². The number of aliphatic hydroxyl groups is 2. The molecule has 11 rings (SSSR count). The van der Waals surface area contributed by atoms with Gasteiger partial charge in [0.2, 0.25) is 0 Å². The molecule has 29 heteroatoms. The van der Waals surface area contributed by atoms with Gasteiger partial charge in [0, 0.05) is 96.6 Å². The minimum atomic E-state index is -3.14. The smallest absolute Gasteiger partial charge is 1.00 e. The Kier molecular flexibility index (Phi) is 30.3. The van der Waals surface area contributed by atoms with Crippen LogP contribution in [0.15, 0.2) is 138 Å². The van der Waals surface area contributed by atoms with Crippen molar-refractivity contribution in [1.82, 2.24) is 20.6 Å². The van der Waals surface area contributed by atoms with Crippen molar-refractivity contribution in [2.45, 2.75) is 61.8 Å². The number of ether oxygens (including phenoxy) is 4. The van der Waals surface area contributed by atoms with E-state index in [0.29, 0.717) is 75.8 Å². The first-order chi connectivity index (χ1) is 43.4. The normalized spacial score (nSPS) is 20.0. The third kappa shape index (κ3) is 23.0. The Morgan fingerprint density at radius 1 is 0.660 bits per heavy atom. The number of hydrogen-bond donors (Lipinski definition) is 4. The largest absolute Gasteiger partial charge is 2.00 e. The van der Waals surface area contributed by atoms with Gasteiger partial charge in [0.15, 0.2) is 19.7 Å². The van der Waals surface area contributed by atoms with Gasteiger partial charge in [-0.05, 0) is 85.6 Å². The first kappa shape index (κ1) is 78.7. The van der Waals surface area contributed by atoms with Crippen LogP contribution < -0.4 is 56.4 Å². The fourth-order valence-electron chi connectivity index (χ4n) is 9.06. The number of terminal acetylenes is 2. The predicted octanol–water partition coefficient (Wildman–Crippen LogP) is 1.77. The van der Waals surface area contributed by atoms with Crippen molar-refractivity contribution in [3.8, 4) is 65.1 Å². The van der Waals surface area contributed by atoms with Crippen LogP contribution in [0.25, 0.3) is 0 Å². The fraction of sp³-hybridized carbons (Fsp3) is 0.308. The second-order valence-corrected chi connectivity index (χ2v) is 28.2. The summed E-state index contributed by atoms with van der Waals surface area (Å²) in [6.07, 6.45) is 18.5. The monoisotopic (exact) mass is 1480 g/mol. The number of aromatic nitrogens is 2. The molecule has 2 aromatic heterocycles. The summed E-state index contributed by atoms with van der Waals surface area (Å²) in [6.45, 7) is -0.0783. The number of likely N-dealkylation sites (N-methyl/N-ethyl adjacent to an activating group) is 2. The number of ketones is 1. The van der Waals surface area contributed by atoms with E-state index in [2.05, 4.69) is 60.7 Å². The molecular formula is C65H66Br2MgN6O17S3. The maximum absolute atomic E-state index is 13.3. The van der Waals surface area contributed by atoms with Crippen LogP contribution in [0.3, 0.4) is 0 Å². The number of carbonyl (C=O) groups excluding carboxylic acids is 5. The average molecular weight is 1480 g/mol. The van der Waals surface area contributed by atoms with E-state index in [-0.39, 0.29) is 130 Å². The molecule has 2 atom stereocenters. The molecule has 7 heterocycles. The van der Waals surface area contributed by atoms with Crippen molar-refractivity contribution in [2.24, 2.45) is 0 Å². The van der Waals surface area contributed by atoms with Crippen molar-refractivity contribution in [1.29, 1.82) is 0 Å². The Bertz CT molecular complexity index is 4000. The quantitative estimate of drug-likeness (QED) is 0.0958. The number of pyridine rings is 2. The molecule has 94 heavy (non-hydrogen) atoms. The number of sulfone groups is 2. The van der Waals surface area contributed by atoms with E-state index in [0.717, 1.165) is 4.47 Å². The molecule has 5 aliphatic heterocycles. The zero-order chi connectivity index (χ0) is 65.9. The van der Waals surface area contributed by atoms with Crippen LogP contribution in [0.5, 0.6) is 34.5 Å². The summed E-state index contributed by atoms with van der Waals surface area (Å²) in [7, 11) is -3.51. The SMILES string of the molecule is C#CC1(O)CCS(=O)CC1.CN1C(=O)[C@@H](NC(=O)c2cc(Oc3ccccc3)ccn2)COc2ccc(Br)cc21.CN1C(=O)[C@@H](NC(=O)c2cc(Oc3ccccc3)ccn2)COc2ccc(C#CC3(O)CCS(=O)(=O)CC3)cc21.O.O=C1CCS(=O)(=O)CC1.[Br-].[C-]#C.[Mg+2]. The maximum Gasteiger partial charge on any atom is 2.00 e. The zero-order valence-corrected chi connectivity index (χ0v) is 58.0. The number of Topliss-reactive ketones (excluding diaryl/α,β-unsaturated/α-hetero) is 1. The summed E-state index contributed by atoms with van der Waals surface area (Å²) in [6, 6.07) is 33.2. The van der Waals surface area contributed by atoms with Gasteiger partial charge < -0.3 is 84.9 Å². The van der Waals surface area contributed by atoms with Gasteiger partial charge in [-0.25, -0.2) is 16.8 Å². The molecule has 6 aromatic rings. The van der Waals surface area contributed by atoms with Crippen LogP contribution in [0.4, 0.5) is 11.4 Å². The molecule has 23 nitrogen and oxygen atoms in total. The Balaban J connectivity index is 0.000000304. The average Bonchev–Trinajstić information content (AvgIpc) is 1.60. The summed E-state index contributed by atoms with van der Waals surface area (Å²) in [5, 5.41) is 25.5. The number of amides is 4. The van der Waals surface area contributed by atoms with Gasteiger partial charge in [-0.3, -0.25) is 38.1 Å². The number of hydrogen-bond acceptors (Lipinski definition) is 18. The fourth-order valence-corrected chi connectivity index (χ4v) is 13.5. The summed E-state index contributed by atoms with van der Waals surface area (Å²) in [5.41, 5.74) is -0.534. The van der Waals surface area contributed by atoms with Crippen LogP contribution in [0, 0.1) is 37.0 Å². The molecule has 0 saturated carbocycles. The second kappa shape index (κ2) is 36.2. The summed E-state index contributed by atoms with van der Waals surface area (Å²) >= 11 is 3.40. The number of benzene rings is 4. The molecule has 492 valence electrons. The Morgan fingerprint density at radius 3 is 1.54 bits per heavy atom. The second-order valence-electron chi connectivity index (χ2n) is 21.0. The van der Waals surface area contributed by atoms with Crippen molar-refractivity contribution in [3.05, 3.63) is 162 Å². The summed E-state index contributed by atoms with van der Waals surface area (Å²) in [5.74, 6) is 10.5. The number of carbonyl (C=O) groups is 5. The van der Waals surface area contributed by atoms with Gasteiger partial charge in [-0.1, -0.05) is 70.1 Å². The molecule has 4 aromatic carbocycles. The van der Waals surface area contributed by atoms with Crippen LogP contribution in [0.2, 0.25) is 0 Å². The van der Waals surface area contributed by atoms with Crippen LogP contribution in [-0.4, -0.2) is 184 Å². The van der Waals surface area contributed by atoms with E-state index in [9.17, 15) is 55.2 Å². The van der Waals surface area contributed by atoms with Gasteiger partial charge in [-0.15, -0.1) is 6.42 Å². The number of para-hydroxylation sites is 2. The standard InChI is InChI=1S/C29H27N3O7S.C22H18BrN3O4.C7H10O2S.C5H8O3S.C2H.BrH.Mg.H2O/c1-32-25-17-20(9-11-29(35)12-15-40(36,37)16-13-29)7-8-26(25)38-19-24(28(32)34)31-27(33)23-18-22(10-14-30-23)39-21-5-3-2-4-6-21;1-26-19-11-14(23)7-8-20(19)29-13-18(22(26)28)25-21(27)17-12-16(9-10-24-17)30-15-5-3-2-4-6-15;1-2-7(8)3-5-10(9)6-4-7;6-5-1-3-9(7,8)4-2-5;1-2;;;/h2-8,10,14,17-18,24,35H,12-13,15-16,19H2,1H3,(H,31,33);2-12,18H,13H2,1H3,(H,25,27);1,8H,3-6H2;1-4H2;1H;1H;;1H2/q;;;;-1;;+2;/p-1/t24-;18-;;;;;;/m00....../s1. The summed E-state index contributed by atoms with van der Waals surface area (Å²) < 4.78 is 79.4. The molecule has 0 bridgehead atoms. The maximum atomic E-state index is 13.3. The number of nitrogens with zero attached hydrogens (tertiary/aromatic N) is 4. The number of anilines is 2. The molecular weight excluding hydrogens is 1420 g/mol. The molecule has 3 saturated heterocycles. The zero-order valence-electron chi connectivity index (χ0n) is 51.0. The van der Waals surface area contributed by atoms with E-state index >= 15 is 0 Å². The van der Waals surface area contributed by atoms with Crippen molar-refractivity contribution in [2.75, 3.05) is 71.6 Å². The molecule has 0 radical (unpaired) electrons. The van der Waals surface area contributed by atoms with Crippen LogP contribution >= 0.6 is 15.9 Å². The number of rotatable bonds is 8. The number of nitrogens with one attached hydrogen (secondary N) is 2. The molecule has 0 spiro atoms. The van der Waals surface area contributed by atoms with E-state index < -0.39 is 71.5 Å². The first-order valence-corrected chi connectivity index (χ1v) is 34.1. The minimum Gasteiger partial charge on any atom is -1.00 e. The molecule has 0 aliphatic carbocycles. The van der Waals surface area contributed by atoms with Gasteiger partial charge in [0.05, 0.1) is 34.4 Å². The minimum absolute atomic E-state index is 0. The van der Waals surface area contributed by atoms with Crippen molar-refractivity contribution in [3.63, 3.8) is 0 Å². The van der Waals surface area contributed by atoms with Gasteiger partial charge >= 0.3 is 23.1 Å². The first-order valence-electron chi connectivity index (χ1n) is 28.1. The van der Waals surface area contributed by atoms with Crippen molar-refractivity contribution < 1.29 is 96.6 Å². The third-order valence-electron chi connectivity index (χ3n) is 14.4. The number of halogens is 2. The van der Waals surface area contributed by atoms with E-state index in [4.69, 9.17) is 31.8 Å². The van der Waals surface area contributed by atoms with Crippen LogP contribution in [-0.2, 0) is 44.9 Å². The van der Waals surface area contributed by atoms with E-state index in [1.807, 2.05) is 54.6 Å².